The minimum atomic E-state index is -0.406. The van der Waals surface area contributed by atoms with Gasteiger partial charge in [0.25, 0.3) is 0 Å². The second kappa shape index (κ2) is 4.81. The van der Waals surface area contributed by atoms with Crippen LogP contribution in [0.4, 0.5) is 0 Å². The topological polar surface area (TPSA) is 35.5 Å². The summed E-state index contributed by atoms with van der Waals surface area (Å²) in [5.41, 5.74) is -0.406. The van der Waals surface area contributed by atoms with Gasteiger partial charge >= 0.3 is 0 Å². The van der Waals surface area contributed by atoms with Crippen molar-refractivity contribution in [1.29, 1.82) is 0 Å². The highest BCUT2D eigenvalue weighted by Crippen LogP contribution is 2.21. The van der Waals surface area contributed by atoms with E-state index in [2.05, 4.69) is 10.2 Å². The normalized spacial score (nSPS) is 32.8. The fourth-order valence-corrected chi connectivity index (χ4v) is 2.61. The first-order valence-electron chi connectivity index (χ1n) is 6.34. The van der Waals surface area contributed by atoms with Gasteiger partial charge in [-0.1, -0.05) is 6.42 Å². The van der Waals surface area contributed by atoms with Crippen LogP contribution in [0.15, 0.2) is 0 Å². The van der Waals surface area contributed by atoms with E-state index in [1.807, 2.05) is 6.92 Å². The van der Waals surface area contributed by atoms with E-state index < -0.39 is 5.60 Å². The average Bonchev–Trinajstić information content (AvgIpc) is 2.23. The van der Waals surface area contributed by atoms with Gasteiger partial charge in [0.2, 0.25) is 0 Å². The first-order chi connectivity index (χ1) is 7.16. The fraction of sp³-hybridized carbons (Fsp3) is 1.00. The Hall–Kier alpha value is -0.120. The molecule has 0 spiro atoms. The summed E-state index contributed by atoms with van der Waals surface area (Å²) in [6.45, 7) is 6.45. The Morgan fingerprint density at radius 1 is 1.33 bits per heavy atom. The summed E-state index contributed by atoms with van der Waals surface area (Å²) < 4.78 is 0. The van der Waals surface area contributed by atoms with Gasteiger partial charge < -0.3 is 15.3 Å². The Labute approximate surface area is 92.8 Å². The molecule has 0 aromatic rings. The van der Waals surface area contributed by atoms with Crippen molar-refractivity contribution in [2.24, 2.45) is 0 Å². The summed E-state index contributed by atoms with van der Waals surface area (Å²) in [7, 11) is 0. The number of hydrogen-bond donors (Lipinski definition) is 2. The molecule has 0 radical (unpaired) electrons. The molecule has 0 saturated carbocycles. The molecule has 88 valence electrons. The van der Waals surface area contributed by atoms with Gasteiger partial charge in [0, 0.05) is 25.7 Å². The van der Waals surface area contributed by atoms with Crippen molar-refractivity contribution < 1.29 is 5.11 Å². The molecule has 2 rings (SSSR count). The molecule has 2 fully saturated rings. The smallest absolute Gasteiger partial charge is 0.0644 e. The Kier molecular flexibility index (Phi) is 3.65. The number of hydrogen-bond acceptors (Lipinski definition) is 3. The summed E-state index contributed by atoms with van der Waals surface area (Å²) in [5, 5.41) is 13.4. The second-order valence-electron chi connectivity index (χ2n) is 5.44. The summed E-state index contributed by atoms with van der Waals surface area (Å²) in [6.07, 6.45) is 5.90. The zero-order chi connectivity index (χ0) is 10.7. The minimum Gasteiger partial charge on any atom is -0.390 e. The lowest BCUT2D eigenvalue weighted by Crippen LogP contribution is -2.49. The Morgan fingerprint density at radius 3 is 2.67 bits per heavy atom. The van der Waals surface area contributed by atoms with Gasteiger partial charge in [-0.25, -0.2) is 0 Å². The molecule has 0 aromatic heterocycles. The third kappa shape index (κ3) is 3.44. The number of nitrogens with zero attached hydrogens (tertiary/aromatic N) is 1. The summed E-state index contributed by atoms with van der Waals surface area (Å²) >= 11 is 0. The summed E-state index contributed by atoms with van der Waals surface area (Å²) in [5.74, 6) is 0. The number of piperidine rings is 2. The maximum absolute atomic E-state index is 9.86. The lowest BCUT2D eigenvalue weighted by atomic mass is 9.93. The van der Waals surface area contributed by atoms with Crippen LogP contribution in [0.2, 0.25) is 0 Å². The van der Waals surface area contributed by atoms with Crippen LogP contribution in [0.25, 0.3) is 0 Å². The SMILES string of the molecule is CC1(O)CCN(CC2CCCCN2)CC1. The molecule has 2 aliphatic heterocycles. The molecule has 15 heavy (non-hydrogen) atoms. The predicted octanol–water partition coefficient (Wildman–Crippen LogP) is 0.975. The molecule has 2 N–H and O–H groups in total. The fourth-order valence-electron chi connectivity index (χ4n) is 2.61. The predicted molar refractivity (Wildman–Crippen MR) is 61.9 cm³/mol. The molecular formula is C12H24N2O. The molecule has 0 aliphatic carbocycles. The van der Waals surface area contributed by atoms with Gasteiger partial charge in [0.1, 0.15) is 0 Å². The lowest BCUT2D eigenvalue weighted by molar-refractivity contribution is -0.00785. The molecule has 3 nitrogen and oxygen atoms in total. The van der Waals surface area contributed by atoms with Crippen LogP contribution in [0, 0.1) is 0 Å². The van der Waals surface area contributed by atoms with Crippen molar-refractivity contribution in [2.45, 2.75) is 50.7 Å². The molecule has 2 saturated heterocycles. The van der Waals surface area contributed by atoms with Crippen LogP contribution >= 0.6 is 0 Å². The van der Waals surface area contributed by atoms with Gasteiger partial charge in [-0.15, -0.1) is 0 Å². The van der Waals surface area contributed by atoms with Gasteiger partial charge in [0.05, 0.1) is 5.60 Å². The van der Waals surface area contributed by atoms with E-state index in [0.29, 0.717) is 6.04 Å². The Morgan fingerprint density at radius 2 is 2.07 bits per heavy atom. The van der Waals surface area contributed by atoms with Crippen molar-refractivity contribution in [3.63, 3.8) is 0 Å². The van der Waals surface area contributed by atoms with Gasteiger partial charge in [-0.2, -0.15) is 0 Å². The molecule has 1 atom stereocenters. The van der Waals surface area contributed by atoms with E-state index in [-0.39, 0.29) is 0 Å². The maximum Gasteiger partial charge on any atom is 0.0644 e. The third-order valence-corrected chi connectivity index (χ3v) is 3.82. The number of aliphatic hydroxyl groups is 1. The Bertz CT molecular complexity index is 190. The van der Waals surface area contributed by atoms with Gasteiger partial charge in [-0.05, 0) is 39.2 Å². The maximum atomic E-state index is 9.86. The van der Waals surface area contributed by atoms with Crippen molar-refractivity contribution in [2.75, 3.05) is 26.2 Å². The molecule has 3 heteroatoms. The largest absolute Gasteiger partial charge is 0.390 e. The molecular weight excluding hydrogens is 188 g/mol. The van der Waals surface area contributed by atoms with Crippen LogP contribution in [0.1, 0.15) is 39.0 Å². The number of nitrogens with one attached hydrogen (secondary N) is 1. The van der Waals surface area contributed by atoms with E-state index in [4.69, 9.17) is 0 Å². The van der Waals surface area contributed by atoms with Gasteiger partial charge in [-0.3, -0.25) is 0 Å². The lowest BCUT2D eigenvalue weighted by Gasteiger charge is -2.38. The van der Waals surface area contributed by atoms with Crippen molar-refractivity contribution in [3.05, 3.63) is 0 Å². The summed E-state index contributed by atoms with van der Waals surface area (Å²) in [4.78, 5) is 2.50. The van der Waals surface area contributed by atoms with E-state index in [1.165, 1.54) is 32.4 Å². The highest BCUT2D eigenvalue weighted by molar-refractivity contribution is 4.84. The van der Waals surface area contributed by atoms with E-state index >= 15 is 0 Å². The molecule has 2 heterocycles. The molecule has 2 aliphatic rings. The quantitative estimate of drug-likeness (QED) is 0.716. The number of likely N-dealkylation sites (tertiary alicyclic amines) is 1. The second-order valence-corrected chi connectivity index (χ2v) is 5.44. The standard InChI is InChI=1S/C12H24N2O/c1-12(15)5-8-14(9-6-12)10-11-4-2-3-7-13-11/h11,13,15H,2-10H2,1H3. The first kappa shape index (κ1) is 11.4. The van der Waals surface area contributed by atoms with Crippen molar-refractivity contribution in [1.82, 2.24) is 10.2 Å². The molecule has 1 unspecified atom stereocenters. The van der Waals surface area contributed by atoms with E-state index in [1.54, 1.807) is 0 Å². The monoisotopic (exact) mass is 212 g/mol. The van der Waals surface area contributed by atoms with E-state index in [0.717, 1.165) is 25.9 Å². The molecule has 0 aromatic carbocycles. The van der Waals surface area contributed by atoms with E-state index in [9.17, 15) is 5.11 Å². The van der Waals surface area contributed by atoms with Crippen LogP contribution < -0.4 is 5.32 Å². The summed E-state index contributed by atoms with van der Waals surface area (Å²) in [6, 6.07) is 0.696. The molecule has 0 bridgehead atoms. The highest BCUT2D eigenvalue weighted by Gasteiger charge is 2.28. The zero-order valence-electron chi connectivity index (χ0n) is 9.84. The van der Waals surface area contributed by atoms with Crippen LogP contribution in [-0.4, -0.2) is 47.8 Å². The minimum absolute atomic E-state index is 0.406. The number of rotatable bonds is 2. The highest BCUT2D eigenvalue weighted by atomic mass is 16.3. The van der Waals surface area contributed by atoms with Crippen molar-refractivity contribution in [3.8, 4) is 0 Å². The average molecular weight is 212 g/mol. The van der Waals surface area contributed by atoms with Crippen LogP contribution in [0.3, 0.4) is 0 Å². The van der Waals surface area contributed by atoms with Gasteiger partial charge in [0.15, 0.2) is 0 Å². The molecule has 0 amide bonds. The van der Waals surface area contributed by atoms with Crippen molar-refractivity contribution >= 4 is 0 Å². The Balaban J connectivity index is 1.71. The third-order valence-electron chi connectivity index (χ3n) is 3.82. The zero-order valence-corrected chi connectivity index (χ0v) is 9.84. The first-order valence-corrected chi connectivity index (χ1v) is 6.34. The van der Waals surface area contributed by atoms with Crippen LogP contribution in [0.5, 0.6) is 0 Å². The van der Waals surface area contributed by atoms with Crippen LogP contribution in [-0.2, 0) is 0 Å².